The van der Waals surface area contributed by atoms with Crippen LogP contribution in [0.2, 0.25) is 0 Å². The van der Waals surface area contributed by atoms with Gasteiger partial charge in [0.25, 0.3) is 0 Å². The van der Waals surface area contributed by atoms with Crippen molar-refractivity contribution in [3.8, 4) is 5.75 Å². The second kappa shape index (κ2) is 7.82. The van der Waals surface area contributed by atoms with Gasteiger partial charge >= 0.3 is 0 Å². The molecule has 2 N–H and O–H groups in total. The maximum atomic E-state index is 6.30. The van der Waals surface area contributed by atoms with E-state index < -0.39 is 0 Å². The number of anilines is 1. The van der Waals surface area contributed by atoms with E-state index in [-0.39, 0.29) is 0 Å². The molecule has 1 aliphatic rings. The number of ether oxygens (including phenoxy) is 1. The molecule has 0 saturated heterocycles. The number of nitrogen functional groups attached to an aromatic ring is 1. The molecular formula is C21H26N4OS. The molecule has 3 aromatic rings. The van der Waals surface area contributed by atoms with Gasteiger partial charge in [-0.25, -0.2) is 9.97 Å². The molecule has 6 heteroatoms. The van der Waals surface area contributed by atoms with Gasteiger partial charge in [0, 0.05) is 11.4 Å². The third-order valence-electron chi connectivity index (χ3n) is 5.03. The summed E-state index contributed by atoms with van der Waals surface area (Å²) in [6.07, 6.45) is 4.77. The molecule has 0 unspecified atom stereocenters. The Morgan fingerprint density at radius 1 is 1.22 bits per heavy atom. The molecule has 1 aromatic carbocycles. The molecule has 2 heterocycles. The van der Waals surface area contributed by atoms with E-state index in [4.69, 9.17) is 15.5 Å². The number of benzene rings is 1. The molecule has 0 saturated carbocycles. The number of likely N-dealkylation sites (N-methyl/N-ethyl adjacent to an activating group) is 1. The first kappa shape index (κ1) is 18.2. The van der Waals surface area contributed by atoms with Crippen LogP contribution < -0.4 is 10.5 Å². The quantitative estimate of drug-likeness (QED) is 0.699. The van der Waals surface area contributed by atoms with E-state index in [0.717, 1.165) is 41.2 Å². The van der Waals surface area contributed by atoms with Gasteiger partial charge in [0.2, 0.25) is 0 Å². The lowest BCUT2D eigenvalue weighted by molar-refractivity contribution is 0.230. The van der Waals surface area contributed by atoms with Crippen LogP contribution in [0.1, 0.15) is 34.7 Å². The number of fused-ring (bicyclic) bond motifs is 3. The highest BCUT2D eigenvalue weighted by molar-refractivity contribution is 7.19. The Kier molecular flexibility index (Phi) is 5.27. The largest absolute Gasteiger partial charge is 0.492 e. The van der Waals surface area contributed by atoms with Gasteiger partial charge in [0.15, 0.2) is 0 Å². The van der Waals surface area contributed by atoms with Crippen LogP contribution >= 0.6 is 11.3 Å². The third-order valence-corrected chi connectivity index (χ3v) is 6.22. The number of nitrogens with zero attached hydrogens (tertiary/aromatic N) is 3. The van der Waals surface area contributed by atoms with Gasteiger partial charge in [-0.1, -0.05) is 12.1 Å². The van der Waals surface area contributed by atoms with E-state index in [2.05, 4.69) is 36.0 Å². The predicted octanol–water partition coefficient (Wildman–Crippen LogP) is 3.97. The second-order valence-electron chi connectivity index (χ2n) is 7.32. The molecule has 0 bridgehead atoms. The Morgan fingerprint density at radius 2 is 2.07 bits per heavy atom. The summed E-state index contributed by atoms with van der Waals surface area (Å²) in [5, 5.41) is 1.10. The van der Waals surface area contributed by atoms with Crippen molar-refractivity contribution in [2.45, 2.75) is 39.2 Å². The lowest BCUT2D eigenvalue weighted by Gasteiger charge is -2.16. The highest BCUT2D eigenvalue weighted by Gasteiger charge is 2.20. The average Bonchev–Trinajstić information content (AvgIpc) is 3.00. The molecule has 1 aliphatic carbocycles. The van der Waals surface area contributed by atoms with Gasteiger partial charge in [-0.15, -0.1) is 11.3 Å². The molecule has 0 spiro atoms. The summed E-state index contributed by atoms with van der Waals surface area (Å²) in [6.45, 7) is 4.17. The first-order valence-corrected chi connectivity index (χ1v) is 10.4. The van der Waals surface area contributed by atoms with Gasteiger partial charge in [0.05, 0.1) is 11.9 Å². The minimum absolute atomic E-state index is 0.630. The summed E-state index contributed by atoms with van der Waals surface area (Å²) in [5.74, 6) is 2.34. The van der Waals surface area contributed by atoms with Crippen LogP contribution in [0, 0.1) is 6.92 Å². The monoisotopic (exact) mass is 382 g/mol. The van der Waals surface area contributed by atoms with Crippen molar-refractivity contribution >= 4 is 27.4 Å². The standard InChI is InChI=1S/C21H26N4OS/c1-14-6-5-7-15(12-14)26-11-10-25(2)13-18-23-20(22)19-16-8-3-4-9-17(16)27-21(19)24-18/h5-7,12H,3-4,8-11,13H2,1-2H3,(H2,22,23,24). The minimum atomic E-state index is 0.630. The molecule has 142 valence electrons. The first-order valence-electron chi connectivity index (χ1n) is 9.55. The Hall–Kier alpha value is -2.18. The van der Waals surface area contributed by atoms with Crippen molar-refractivity contribution < 1.29 is 4.74 Å². The SMILES string of the molecule is Cc1cccc(OCCN(C)Cc2nc(N)c3c4c(sc3n2)CCCC4)c1. The van der Waals surface area contributed by atoms with E-state index in [0.29, 0.717) is 19.0 Å². The predicted molar refractivity (Wildman–Crippen MR) is 111 cm³/mol. The van der Waals surface area contributed by atoms with Crippen molar-refractivity contribution in [3.63, 3.8) is 0 Å². The minimum Gasteiger partial charge on any atom is -0.492 e. The van der Waals surface area contributed by atoms with E-state index in [1.165, 1.54) is 28.8 Å². The molecule has 4 rings (SSSR count). The van der Waals surface area contributed by atoms with Gasteiger partial charge in [-0.2, -0.15) is 0 Å². The number of hydrogen-bond acceptors (Lipinski definition) is 6. The Bertz CT molecular complexity index is 953. The summed E-state index contributed by atoms with van der Waals surface area (Å²) in [5.41, 5.74) is 8.90. The molecule has 0 amide bonds. The van der Waals surface area contributed by atoms with Crippen molar-refractivity contribution in [2.75, 3.05) is 25.9 Å². The average molecular weight is 383 g/mol. The van der Waals surface area contributed by atoms with Gasteiger partial charge in [0.1, 0.15) is 28.8 Å². The molecule has 0 radical (unpaired) electrons. The lowest BCUT2D eigenvalue weighted by atomic mass is 9.97. The number of nitrogens with two attached hydrogens (primary N) is 1. The zero-order valence-corrected chi connectivity index (χ0v) is 16.8. The fraction of sp³-hybridized carbons (Fsp3) is 0.429. The number of thiophene rings is 1. The van der Waals surface area contributed by atoms with Crippen LogP contribution in [-0.2, 0) is 19.4 Å². The third kappa shape index (κ3) is 4.06. The number of aromatic nitrogens is 2. The Morgan fingerprint density at radius 3 is 2.93 bits per heavy atom. The highest BCUT2D eigenvalue weighted by atomic mass is 32.1. The maximum absolute atomic E-state index is 6.30. The normalized spacial score (nSPS) is 13.9. The van der Waals surface area contributed by atoms with E-state index in [1.807, 2.05) is 12.1 Å². The van der Waals surface area contributed by atoms with Crippen LogP contribution in [-0.4, -0.2) is 35.1 Å². The molecule has 2 aromatic heterocycles. The van der Waals surface area contributed by atoms with Crippen molar-refractivity contribution in [1.29, 1.82) is 0 Å². The number of hydrogen-bond donors (Lipinski definition) is 1. The van der Waals surface area contributed by atoms with Gasteiger partial charge in [-0.3, -0.25) is 4.90 Å². The second-order valence-corrected chi connectivity index (χ2v) is 8.40. The van der Waals surface area contributed by atoms with Crippen molar-refractivity contribution in [3.05, 3.63) is 46.1 Å². The fourth-order valence-electron chi connectivity index (χ4n) is 3.65. The van der Waals surface area contributed by atoms with Crippen LogP contribution in [0.5, 0.6) is 5.75 Å². The summed E-state index contributed by atoms with van der Waals surface area (Å²) in [6, 6.07) is 8.12. The number of rotatable bonds is 6. The van der Waals surface area contributed by atoms with Crippen molar-refractivity contribution in [1.82, 2.24) is 14.9 Å². The molecule has 0 aliphatic heterocycles. The smallest absolute Gasteiger partial charge is 0.146 e. The summed E-state index contributed by atoms with van der Waals surface area (Å²) in [7, 11) is 2.06. The Labute approximate surface area is 164 Å². The van der Waals surface area contributed by atoms with Crippen molar-refractivity contribution in [2.24, 2.45) is 0 Å². The molecule has 0 atom stereocenters. The summed E-state index contributed by atoms with van der Waals surface area (Å²) >= 11 is 1.80. The molecule has 0 fully saturated rings. The fourth-order valence-corrected chi connectivity index (χ4v) is 4.94. The molecule has 5 nitrogen and oxygen atoms in total. The summed E-state index contributed by atoms with van der Waals surface area (Å²) < 4.78 is 5.84. The zero-order chi connectivity index (χ0) is 18.8. The van der Waals surface area contributed by atoms with E-state index in [9.17, 15) is 0 Å². The molecular weight excluding hydrogens is 356 g/mol. The summed E-state index contributed by atoms with van der Waals surface area (Å²) in [4.78, 5) is 14.1. The zero-order valence-electron chi connectivity index (χ0n) is 16.0. The topological polar surface area (TPSA) is 64.3 Å². The van der Waals surface area contributed by atoms with Crippen LogP contribution in [0.4, 0.5) is 5.82 Å². The first-order chi connectivity index (χ1) is 13.1. The van der Waals surface area contributed by atoms with E-state index in [1.54, 1.807) is 11.3 Å². The molecule has 27 heavy (non-hydrogen) atoms. The van der Waals surface area contributed by atoms with Crippen LogP contribution in [0.15, 0.2) is 24.3 Å². The maximum Gasteiger partial charge on any atom is 0.146 e. The van der Waals surface area contributed by atoms with E-state index >= 15 is 0 Å². The van der Waals surface area contributed by atoms with Crippen LogP contribution in [0.25, 0.3) is 10.2 Å². The van der Waals surface area contributed by atoms with Crippen LogP contribution in [0.3, 0.4) is 0 Å². The highest BCUT2D eigenvalue weighted by Crippen LogP contribution is 2.37. The number of aryl methyl sites for hydroxylation is 3. The van der Waals surface area contributed by atoms with Gasteiger partial charge < -0.3 is 10.5 Å². The lowest BCUT2D eigenvalue weighted by Crippen LogP contribution is -2.25. The Balaban J connectivity index is 1.40. The van der Waals surface area contributed by atoms with Gasteiger partial charge in [-0.05, 0) is 62.9 Å².